The molecule has 174 valence electrons. The normalized spacial score (nSPS) is 17.5. The largest absolute Gasteiger partial charge is 0.353 e. The number of aromatic nitrogens is 3. The third-order valence-corrected chi connectivity index (χ3v) is 7.06. The number of benzene rings is 1. The van der Waals surface area contributed by atoms with E-state index in [9.17, 15) is 4.79 Å². The highest BCUT2D eigenvalue weighted by atomic mass is 16.2. The van der Waals surface area contributed by atoms with Crippen molar-refractivity contribution in [2.75, 3.05) is 36.4 Å². The summed E-state index contributed by atoms with van der Waals surface area (Å²) in [7, 11) is 2.04. The van der Waals surface area contributed by atoms with Crippen molar-refractivity contribution in [2.45, 2.75) is 51.5 Å². The maximum absolute atomic E-state index is 13.1. The van der Waals surface area contributed by atoms with Gasteiger partial charge in [-0.15, -0.1) is 0 Å². The quantitative estimate of drug-likeness (QED) is 0.644. The van der Waals surface area contributed by atoms with Crippen molar-refractivity contribution >= 4 is 28.6 Å². The molecule has 1 saturated carbocycles. The lowest BCUT2D eigenvalue weighted by Gasteiger charge is -2.35. The zero-order chi connectivity index (χ0) is 22.8. The van der Waals surface area contributed by atoms with E-state index in [-0.39, 0.29) is 5.91 Å². The summed E-state index contributed by atoms with van der Waals surface area (Å²) in [5.74, 6) is 1.90. The fourth-order valence-electron chi connectivity index (χ4n) is 5.23. The molecule has 33 heavy (non-hydrogen) atoms. The van der Waals surface area contributed by atoms with Crippen LogP contribution in [-0.2, 0) is 18.3 Å². The van der Waals surface area contributed by atoms with Crippen molar-refractivity contribution in [3.8, 4) is 0 Å². The van der Waals surface area contributed by atoms with Crippen molar-refractivity contribution in [1.29, 1.82) is 0 Å². The van der Waals surface area contributed by atoms with Crippen LogP contribution in [-0.4, -0.2) is 57.6 Å². The van der Waals surface area contributed by atoms with Crippen LogP contribution in [0.1, 0.15) is 43.4 Å². The van der Waals surface area contributed by atoms with Gasteiger partial charge in [-0.25, -0.2) is 4.98 Å². The molecule has 1 aromatic carbocycles. The summed E-state index contributed by atoms with van der Waals surface area (Å²) in [4.78, 5) is 26.8. The molecule has 2 aromatic heterocycles. The van der Waals surface area contributed by atoms with Gasteiger partial charge in [0.1, 0.15) is 5.82 Å². The molecule has 5 rings (SSSR count). The Balaban J connectivity index is 1.21. The average Bonchev–Trinajstić information content (AvgIpc) is 3.15. The molecule has 2 fully saturated rings. The van der Waals surface area contributed by atoms with Crippen molar-refractivity contribution in [3.05, 3.63) is 47.8 Å². The molecule has 2 aliphatic rings. The van der Waals surface area contributed by atoms with Crippen LogP contribution < -0.4 is 10.2 Å². The minimum Gasteiger partial charge on any atom is -0.353 e. The highest BCUT2D eigenvalue weighted by molar-refractivity contribution is 5.89. The van der Waals surface area contributed by atoms with Crippen LogP contribution in [0.5, 0.6) is 0 Å². The topological polar surface area (TPSA) is 66.3 Å². The predicted octanol–water partition coefficient (Wildman–Crippen LogP) is 3.91. The van der Waals surface area contributed by atoms with Gasteiger partial charge >= 0.3 is 0 Å². The van der Waals surface area contributed by atoms with Gasteiger partial charge in [-0.05, 0) is 31.4 Å². The first kappa shape index (κ1) is 21.7. The highest BCUT2D eigenvalue weighted by Gasteiger charge is 2.24. The second-order valence-electron chi connectivity index (χ2n) is 9.50. The number of para-hydroxylation sites is 1. The molecular weight excluding hydrogens is 412 g/mol. The van der Waals surface area contributed by atoms with E-state index in [1.54, 1.807) is 0 Å². The number of carbonyl (C=O) groups is 1. The molecule has 7 nitrogen and oxygen atoms in total. The monoisotopic (exact) mass is 446 g/mol. The molecule has 0 bridgehead atoms. The highest BCUT2D eigenvalue weighted by Crippen LogP contribution is 2.24. The first-order valence-electron chi connectivity index (χ1n) is 12.2. The second kappa shape index (κ2) is 9.41. The Bertz CT molecular complexity index is 1130. The van der Waals surface area contributed by atoms with E-state index in [1.165, 1.54) is 43.0 Å². The number of fused-ring (bicyclic) bond motifs is 1. The minimum atomic E-state index is 0.199. The van der Waals surface area contributed by atoms with Gasteiger partial charge in [0.05, 0.1) is 6.42 Å². The van der Waals surface area contributed by atoms with E-state index in [2.05, 4.69) is 44.2 Å². The second-order valence-corrected chi connectivity index (χ2v) is 9.50. The van der Waals surface area contributed by atoms with Crippen molar-refractivity contribution in [1.82, 2.24) is 19.4 Å². The fourth-order valence-corrected chi connectivity index (χ4v) is 5.23. The molecule has 1 aliphatic carbocycles. The maximum atomic E-state index is 13.1. The molecule has 0 radical (unpaired) electrons. The van der Waals surface area contributed by atoms with Crippen LogP contribution in [0.2, 0.25) is 0 Å². The van der Waals surface area contributed by atoms with E-state index >= 15 is 0 Å². The number of nitrogens with zero attached hydrogens (tertiary/aromatic N) is 5. The summed E-state index contributed by atoms with van der Waals surface area (Å²) in [6.07, 6.45) is 8.83. The third-order valence-electron chi connectivity index (χ3n) is 7.06. The molecule has 1 aliphatic heterocycles. The van der Waals surface area contributed by atoms with E-state index in [1.807, 2.05) is 31.0 Å². The number of amides is 1. The number of hydrogen-bond donors (Lipinski definition) is 1. The zero-order valence-electron chi connectivity index (χ0n) is 19.8. The Labute approximate surface area is 195 Å². The van der Waals surface area contributed by atoms with E-state index < -0.39 is 0 Å². The SMILES string of the molecule is Cc1cc(N2CCN(C(=O)Cc3cn(C)c4ccccc34)CC2)nc(NC2CCCCC2)n1. The van der Waals surface area contributed by atoms with E-state index in [0.29, 0.717) is 12.5 Å². The van der Waals surface area contributed by atoms with Crippen LogP contribution in [0.4, 0.5) is 11.8 Å². The number of rotatable bonds is 5. The minimum absolute atomic E-state index is 0.199. The van der Waals surface area contributed by atoms with Gasteiger partial charge in [-0.3, -0.25) is 4.79 Å². The maximum Gasteiger partial charge on any atom is 0.227 e. The van der Waals surface area contributed by atoms with Gasteiger partial charge in [0, 0.05) is 68.1 Å². The van der Waals surface area contributed by atoms with Crippen LogP contribution >= 0.6 is 0 Å². The summed E-state index contributed by atoms with van der Waals surface area (Å²) in [6, 6.07) is 10.8. The fraction of sp³-hybridized carbons (Fsp3) is 0.500. The van der Waals surface area contributed by atoms with Crippen LogP contribution in [0.15, 0.2) is 36.5 Å². The number of hydrogen-bond acceptors (Lipinski definition) is 5. The van der Waals surface area contributed by atoms with Crippen LogP contribution in [0.25, 0.3) is 10.9 Å². The summed E-state index contributed by atoms with van der Waals surface area (Å²) >= 11 is 0. The molecular formula is C26H34N6O. The summed E-state index contributed by atoms with van der Waals surface area (Å²) < 4.78 is 2.10. The lowest BCUT2D eigenvalue weighted by molar-refractivity contribution is -0.130. The molecule has 7 heteroatoms. The van der Waals surface area contributed by atoms with Gasteiger partial charge in [-0.1, -0.05) is 37.5 Å². The third kappa shape index (κ3) is 4.82. The number of carbonyl (C=O) groups excluding carboxylic acids is 1. The van der Waals surface area contributed by atoms with Gasteiger partial charge in [0.15, 0.2) is 0 Å². The van der Waals surface area contributed by atoms with Gasteiger partial charge in [0.2, 0.25) is 11.9 Å². The van der Waals surface area contributed by atoms with Crippen LogP contribution in [0.3, 0.4) is 0 Å². The first-order valence-corrected chi connectivity index (χ1v) is 12.2. The standard InChI is InChI=1S/C26H34N6O/c1-19-16-24(29-26(27-19)28-21-8-4-3-5-9-21)31-12-14-32(15-13-31)25(33)17-20-18-30(2)23-11-7-6-10-22(20)23/h6-7,10-11,16,18,21H,3-5,8-9,12-15,17H2,1-2H3,(H,27,28,29). The molecule has 1 N–H and O–H groups in total. The first-order chi connectivity index (χ1) is 16.1. The Morgan fingerprint density at radius 2 is 1.82 bits per heavy atom. The van der Waals surface area contributed by atoms with Gasteiger partial charge in [-0.2, -0.15) is 4.98 Å². The predicted molar refractivity (Wildman–Crippen MR) is 133 cm³/mol. The lowest BCUT2D eigenvalue weighted by Crippen LogP contribution is -2.49. The van der Waals surface area contributed by atoms with Crippen molar-refractivity contribution in [2.24, 2.45) is 7.05 Å². The molecule has 1 saturated heterocycles. The molecule has 0 spiro atoms. The number of nitrogens with one attached hydrogen (secondary N) is 1. The summed E-state index contributed by atoms with van der Waals surface area (Å²) in [6.45, 7) is 5.05. The van der Waals surface area contributed by atoms with E-state index in [4.69, 9.17) is 4.98 Å². The molecule has 3 heterocycles. The van der Waals surface area contributed by atoms with Crippen molar-refractivity contribution in [3.63, 3.8) is 0 Å². The molecule has 1 amide bonds. The molecule has 0 unspecified atom stereocenters. The van der Waals surface area contributed by atoms with Gasteiger partial charge < -0.3 is 19.7 Å². The molecule has 3 aromatic rings. The summed E-state index contributed by atoms with van der Waals surface area (Å²) in [5.41, 5.74) is 3.25. The van der Waals surface area contributed by atoms with Gasteiger partial charge in [0.25, 0.3) is 0 Å². The Morgan fingerprint density at radius 1 is 1.06 bits per heavy atom. The van der Waals surface area contributed by atoms with Crippen molar-refractivity contribution < 1.29 is 4.79 Å². The summed E-state index contributed by atoms with van der Waals surface area (Å²) in [5, 5.41) is 4.72. The zero-order valence-corrected chi connectivity index (χ0v) is 19.8. The van der Waals surface area contributed by atoms with E-state index in [0.717, 1.165) is 49.2 Å². The Kier molecular flexibility index (Phi) is 6.20. The lowest BCUT2D eigenvalue weighted by atomic mass is 9.96. The molecule has 0 atom stereocenters. The smallest absolute Gasteiger partial charge is 0.227 e. The number of aryl methyl sites for hydroxylation is 2. The number of piperazine rings is 1. The Hall–Kier alpha value is -3.09. The van der Waals surface area contributed by atoms with Crippen LogP contribution in [0, 0.1) is 6.92 Å². The number of anilines is 2. The average molecular weight is 447 g/mol. The Morgan fingerprint density at radius 3 is 2.61 bits per heavy atom.